The van der Waals surface area contributed by atoms with E-state index in [4.69, 9.17) is 9.47 Å². The van der Waals surface area contributed by atoms with Gasteiger partial charge in [-0.1, -0.05) is 26.0 Å². The lowest BCUT2D eigenvalue weighted by Gasteiger charge is -2.15. The van der Waals surface area contributed by atoms with Crippen molar-refractivity contribution in [3.63, 3.8) is 0 Å². The normalized spacial score (nSPS) is 13.4. The maximum Gasteiger partial charge on any atom is 0.339 e. The Morgan fingerprint density at radius 1 is 0.900 bits per heavy atom. The molecule has 1 aromatic rings. The number of ether oxygens (including phenoxy) is 2. The first-order valence-corrected chi connectivity index (χ1v) is 7.00. The SMILES string of the molecule is CC[C@@H](C)OC(=O)c1ccccc1C(=O)O[C@@H](C)CC. The highest BCUT2D eigenvalue weighted by atomic mass is 16.5. The number of hydrogen-bond donors (Lipinski definition) is 0. The number of rotatable bonds is 6. The van der Waals surface area contributed by atoms with Crippen LogP contribution in [0.5, 0.6) is 0 Å². The number of hydrogen-bond acceptors (Lipinski definition) is 4. The average Bonchev–Trinajstić information content (AvgIpc) is 2.46. The first kappa shape index (κ1) is 16.2. The third-order valence-corrected chi connectivity index (χ3v) is 3.13. The van der Waals surface area contributed by atoms with Crippen LogP contribution in [0.1, 0.15) is 61.3 Å². The van der Waals surface area contributed by atoms with Crippen LogP contribution in [0.2, 0.25) is 0 Å². The van der Waals surface area contributed by atoms with Crippen molar-refractivity contribution in [2.45, 2.75) is 52.7 Å². The lowest BCUT2D eigenvalue weighted by molar-refractivity contribution is 0.0285. The zero-order chi connectivity index (χ0) is 15.1. The molecule has 110 valence electrons. The second kappa shape index (κ2) is 7.68. The third kappa shape index (κ3) is 4.37. The van der Waals surface area contributed by atoms with Crippen molar-refractivity contribution in [3.05, 3.63) is 35.4 Å². The van der Waals surface area contributed by atoms with Gasteiger partial charge in [0.05, 0.1) is 23.3 Å². The van der Waals surface area contributed by atoms with Gasteiger partial charge in [-0.05, 0) is 38.8 Å². The van der Waals surface area contributed by atoms with Crippen LogP contribution in [0.4, 0.5) is 0 Å². The molecule has 0 unspecified atom stereocenters. The monoisotopic (exact) mass is 278 g/mol. The van der Waals surface area contributed by atoms with Crippen molar-refractivity contribution in [1.29, 1.82) is 0 Å². The minimum absolute atomic E-state index is 0.179. The van der Waals surface area contributed by atoms with Crippen molar-refractivity contribution < 1.29 is 19.1 Å². The van der Waals surface area contributed by atoms with Gasteiger partial charge in [-0.3, -0.25) is 0 Å². The fourth-order valence-corrected chi connectivity index (χ4v) is 1.50. The minimum atomic E-state index is -0.490. The largest absolute Gasteiger partial charge is 0.459 e. The van der Waals surface area contributed by atoms with Crippen molar-refractivity contribution in [3.8, 4) is 0 Å². The Morgan fingerprint density at radius 2 is 1.25 bits per heavy atom. The van der Waals surface area contributed by atoms with Gasteiger partial charge in [0.2, 0.25) is 0 Å². The fraction of sp³-hybridized carbons (Fsp3) is 0.500. The summed E-state index contributed by atoms with van der Waals surface area (Å²) in [5, 5.41) is 0. The molecule has 0 aliphatic carbocycles. The highest BCUT2D eigenvalue weighted by molar-refractivity contribution is 6.03. The van der Waals surface area contributed by atoms with Gasteiger partial charge in [-0.15, -0.1) is 0 Å². The summed E-state index contributed by atoms with van der Waals surface area (Å²) in [6.07, 6.45) is 1.10. The fourth-order valence-electron chi connectivity index (χ4n) is 1.50. The maximum atomic E-state index is 12.1. The maximum absolute atomic E-state index is 12.1. The zero-order valence-electron chi connectivity index (χ0n) is 12.5. The molecule has 0 N–H and O–H groups in total. The lowest BCUT2D eigenvalue weighted by Crippen LogP contribution is -2.20. The molecule has 0 aliphatic rings. The van der Waals surface area contributed by atoms with Crippen LogP contribution in [0.3, 0.4) is 0 Å². The van der Waals surface area contributed by atoms with Crippen LogP contribution in [0.25, 0.3) is 0 Å². The zero-order valence-corrected chi connectivity index (χ0v) is 12.5. The van der Waals surface area contributed by atoms with Crippen molar-refractivity contribution >= 4 is 11.9 Å². The molecule has 1 aromatic carbocycles. The van der Waals surface area contributed by atoms with E-state index in [9.17, 15) is 9.59 Å². The van der Waals surface area contributed by atoms with E-state index in [-0.39, 0.29) is 23.3 Å². The van der Waals surface area contributed by atoms with Crippen LogP contribution in [0, 0.1) is 0 Å². The van der Waals surface area contributed by atoms with Gasteiger partial charge in [0.15, 0.2) is 0 Å². The van der Waals surface area contributed by atoms with Gasteiger partial charge in [0.25, 0.3) is 0 Å². The molecule has 0 spiro atoms. The molecule has 4 nitrogen and oxygen atoms in total. The molecule has 1 rings (SSSR count). The van der Waals surface area contributed by atoms with Gasteiger partial charge < -0.3 is 9.47 Å². The van der Waals surface area contributed by atoms with Crippen LogP contribution in [-0.2, 0) is 9.47 Å². The number of carbonyl (C=O) groups excluding carboxylic acids is 2. The van der Waals surface area contributed by atoms with Gasteiger partial charge in [0, 0.05) is 0 Å². The molecule has 20 heavy (non-hydrogen) atoms. The smallest absolute Gasteiger partial charge is 0.339 e. The topological polar surface area (TPSA) is 52.6 Å². The van der Waals surface area contributed by atoms with Gasteiger partial charge in [0.1, 0.15) is 0 Å². The van der Waals surface area contributed by atoms with Crippen LogP contribution >= 0.6 is 0 Å². The predicted molar refractivity (Wildman–Crippen MR) is 76.8 cm³/mol. The predicted octanol–water partition coefficient (Wildman–Crippen LogP) is 3.60. The third-order valence-electron chi connectivity index (χ3n) is 3.13. The molecule has 0 fully saturated rings. The molecule has 2 atom stereocenters. The van der Waals surface area contributed by atoms with Crippen LogP contribution < -0.4 is 0 Å². The summed E-state index contributed by atoms with van der Waals surface area (Å²) in [5.74, 6) is -0.980. The van der Waals surface area contributed by atoms with Crippen LogP contribution in [0.15, 0.2) is 24.3 Å². The van der Waals surface area contributed by atoms with Crippen molar-refractivity contribution in [1.82, 2.24) is 0 Å². The van der Waals surface area contributed by atoms with E-state index in [1.807, 2.05) is 27.7 Å². The highest BCUT2D eigenvalue weighted by Crippen LogP contribution is 2.15. The lowest BCUT2D eigenvalue weighted by atomic mass is 10.1. The van der Waals surface area contributed by atoms with Crippen molar-refractivity contribution in [2.24, 2.45) is 0 Å². The summed E-state index contributed by atoms with van der Waals surface area (Å²) in [6.45, 7) is 7.50. The van der Waals surface area contributed by atoms with Gasteiger partial charge in [-0.25, -0.2) is 9.59 Å². The standard InChI is InChI=1S/C16H22O4/c1-5-11(3)19-15(17)13-9-7-8-10-14(13)16(18)20-12(4)6-2/h7-12H,5-6H2,1-4H3/t11-,12+. The summed E-state index contributed by atoms with van der Waals surface area (Å²) >= 11 is 0. The summed E-state index contributed by atoms with van der Waals surface area (Å²) in [6, 6.07) is 6.57. The molecule has 0 amide bonds. The molecule has 4 heteroatoms. The summed E-state index contributed by atoms with van der Waals surface area (Å²) in [4.78, 5) is 24.1. The quantitative estimate of drug-likeness (QED) is 0.746. The number of carbonyl (C=O) groups is 2. The molecule has 0 bridgehead atoms. The van der Waals surface area contributed by atoms with E-state index in [1.165, 1.54) is 0 Å². The van der Waals surface area contributed by atoms with E-state index in [2.05, 4.69) is 0 Å². The van der Waals surface area contributed by atoms with Gasteiger partial charge >= 0.3 is 11.9 Å². The van der Waals surface area contributed by atoms with Crippen LogP contribution in [-0.4, -0.2) is 24.1 Å². The highest BCUT2D eigenvalue weighted by Gasteiger charge is 2.21. The Morgan fingerprint density at radius 3 is 1.55 bits per heavy atom. The Labute approximate surface area is 120 Å². The second-order valence-corrected chi connectivity index (χ2v) is 4.79. The molecule has 0 saturated heterocycles. The number of esters is 2. The summed E-state index contributed by atoms with van der Waals surface area (Å²) in [5.41, 5.74) is 0.502. The average molecular weight is 278 g/mol. The minimum Gasteiger partial charge on any atom is -0.459 e. The Bertz CT molecular complexity index is 424. The van der Waals surface area contributed by atoms with E-state index >= 15 is 0 Å². The van der Waals surface area contributed by atoms with Gasteiger partial charge in [-0.2, -0.15) is 0 Å². The van der Waals surface area contributed by atoms with E-state index < -0.39 is 11.9 Å². The molecule has 0 heterocycles. The Hall–Kier alpha value is -1.84. The van der Waals surface area contributed by atoms with Crippen molar-refractivity contribution in [2.75, 3.05) is 0 Å². The summed E-state index contributed by atoms with van der Waals surface area (Å²) < 4.78 is 10.5. The molecular weight excluding hydrogens is 256 g/mol. The summed E-state index contributed by atoms with van der Waals surface area (Å²) in [7, 11) is 0. The Kier molecular flexibility index (Phi) is 6.22. The first-order valence-electron chi connectivity index (χ1n) is 7.00. The molecule has 0 radical (unpaired) electrons. The Balaban J connectivity index is 2.93. The molecule has 0 saturated carbocycles. The van der Waals surface area contributed by atoms with E-state index in [0.29, 0.717) is 0 Å². The molecule has 0 aromatic heterocycles. The first-order chi connectivity index (χ1) is 9.49. The second-order valence-electron chi connectivity index (χ2n) is 4.79. The molecule has 0 aliphatic heterocycles. The van der Waals surface area contributed by atoms with E-state index in [1.54, 1.807) is 24.3 Å². The van der Waals surface area contributed by atoms with E-state index in [0.717, 1.165) is 12.8 Å². The molecular formula is C16H22O4. The number of benzene rings is 1.